The lowest BCUT2D eigenvalue weighted by molar-refractivity contribution is -0.111. The fraction of sp³-hybridized carbons (Fsp3) is 0.188. The third kappa shape index (κ3) is 2.90. The van der Waals surface area contributed by atoms with E-state index in [1.165, 1.54) is 0 Å². The summed E-state index contributed by atoms with van der Waals surface area (Å²) in [6.07, 6.45) is 0.184. The standard InChI is InChI=1S/C16H13F3O/c17-14-8-6-13(7-9-14)16(18,19)15(10-11-20)12-4-2-1-3-5-12/h1-9,11,15H,10H2/t15-/m0/s1. The summed E-state index contributed by atoms with van der Waals surface area (Å²) >= 11 is 0. The monoisotopic (exact) mass is 278 g/mol. The highest BCUT2D eigenvalue weighted by atomic mass is 19.3. The van der Waals surface area contributed by atoms with Crippen LogP contribution < -0.4 is 0 Å². The lowest BCUT2D eigenvalue weighted by Gasteiger charge is -2.26. The smallest absolute Gasteiger partial charge is 0.280 e. The van der Waals surface area contributed by atoms with Crippen molar-refractivity contribution in [3.8, 4) is 0 Å². The molecular formula is C16H13F3O. The van der Waals surface area contributed by atoms with Gasteiger partial charge in [0.2, 0.25) is 0 Å². The van der Waals surface area contributed by atoms with E-state index in [2.05, 4.69) is 0 Å². The predicted molar refractivity (Wildman–Crippen MR) is 70.2 cm³/mol. The summed E-state index contributed by atoms with van der Waals surface area (Å²) in [7, 11) is 0. The number of hydrogen-bond acceptors (Lipinski definition) is 1. The topological polar surface area (TPSA) is 17.1 Å². The van der Waals surface area contributed by atoms with Crippen molar-refractivity contribution in [1.29, 1.82) is 0 Å². The Morgan fingerprint density at radius 2 is 1.60 bits per heavy atom. The van der Waals surface area contributed by atoms with Crippen LogP contribution in [0.5, 0.6) is 0 Å². The van der Waals surface area contributed by atoms with Gasteiger partial charge in [0.05, 0.1) is 5.92 Å². The Hall–Kier alpha value is -2.10. The molecule has 1 atom stereocenters. The van der Waals surface area contributed by atoms with E-state index in [-0.39, 0.29) is 12.0 Å². The molecule has 2 rings (SSSR count). The van der Waals surface area contributed by atoms with Crippen LogP contribution in [0.25, 0.3) is 0 Å². The van der Waals surface area contributed by atoms with Crippen LogP contribution in [-0.2, 0) is 10.7 Å². The molecule has 2 aromatic rings. The molecule has 0 aliphatic rings. The Bertz CT molecular complexity index is 564. The number of halogens is 3. The van der Waals surface area contributed by atoms with E-state index in [4.69, 9.17) is 0 Å². The summed E-state index contributed by atoms with van der Waals surface area (Å²) in [5.74, 6) is -5.07. The third-order valence-electron chi connectivity index (χ3n) is 3.20. The van der Waals surface area contributed by atoms with Gasteiger partial charge in [-0.1, -0.05) is 42.5 Å². The fourth-order valence-corrected chi connectivity index (χ4v) is 2.15. The Morgan fingerprint density at radius 1 is 1.00 bits per heavy atom. The molecule has 0 spiro atoms. The first-order valence-electron chi connectivity index (χ1n) is 6.18. The second-order valence-electron chi connectivity index (χ2n) is 4.50. The number of rotatable bonds is 5. The zero-order valence-electron chi connectivity index (χ0n) is 10.6. The van der Waals surface area contributed by atoms with Gasteiger partial charge in [0.15, 0.2) is 0 Å². The van der Waals surface area contributed by atoms with Gasteiger partial charge in [0.25, 0.3) is 5.92 Å². The molecular weight excluding hydrogens is 265 g/mol. The zero-order valence-corrected chi connectivity index (χ0v) is 10.6. The molecule has 104 valence electrons. The molecule has 0 amide bonds. The minimum Gasteiger partial charge on any atom is -0.303 e. The summed E-state index contributed by atoms with van der Waals surface area (Å²) < 4.78 is 41.9. The molecule has 4 heteroatoms. The maximum Gasteiger partial charge on any atom is 0.280 e. The van der Waals surface area contributed by atoms with Crippen LogP contribution in [0.1, 0.15) is 23.5 Å². The van der Waals surface area contributed by atoms with Crippen molar-refractivity contribution in [3.63, 3.8) is 0 Å². The Kier molecular flexibility index (Phi) is 4.23. The average Bonchev–Trinajstić information content (AvgIpc) is 2.46. The predicted octanol–water partition coefficient (Wildman–Crippen LogP) is 4.29. The van der Waals surface area contributed by atoms with Crippen LogP contribution in [0, 0.1) is 5.82 Å². The Labute approximate surface area is 115 Å². The molecule has 0 saturated heterocycles. The van der Waals surface area contributed by atoms with Gasteiger partial charge >= 0.3 is 0 Å². The maximum atomic E-state index is 14.5. The zero-order chi connectivity index (χ0) is 14.6. The molecule has 20 heavy (non-hydrogen) atoms. The number of carbonyl (C=O) groups is 1. The van der Waals surface area contributed by atoms with Crippen molar-refractivity contribution in [1.82, 2.24) is 0 Å². The van der Waals surface area contributed by atoms with Crippen LogP contribution in [0.15, 0.2) is 54.6 Å². The second kappa shape index (κ2) is 5.90. The molecule has 0 aliphatic heterocycles. The molecule has 0 aliphatic carbocycles. The molecule has 0 saturated carbocycles. The first-order chi connectivity index (χ1) is 9.55. The number of alkyl halides is 2. The fourth-order valence-electron chi connectivity index (χ4n) is 2.15. The average molecular weight is 278 g/mol. The normalized spacial score (nSPS) is 12.9. The summed E-state index contributed by atoms with van der Waals surface area (Å²) in [4.78, 5) is 10.7. The van der Waals surface area contributed by atoms with E-state index in [1.54, 1.807) is 30.3 Å². The highest BCUT2D eigenvalue weighted by Crippen LogP contribution is 2.43. The van der Waals surface area contributed by atoms with Crippen LogP contribution >= 0.6 is 0 Å². The van der Waals surface area contributed by atoms with Gasteiger partial charge in [-0.05, 0) is 17.7 Å². The number of hydrogen-bond donors (Lipinski definition) is 0. The Morgan fingerprint density at radius 3 is 2.15 bits per heavy atom. The van der Waals surface area contributed by atoms with E-state index < -0.39 is 17.7 Å². The summed E-state index contributed by atoms with van der Waals surface area (Å²) in [5.41, 5.74) is 0.0866. The molecule has 2 aromatic carbocycles. The maximum absolute atomic E-state index is 14.5. The first-order valence-corrected chi connectivity index (χ1v) is 6.18. The molecule has 0 N–H and O–H groups in total. The molecule has 0 fully saturated rings. The van der Waals surface area contributed by atoms with E-state index in [0.717, 1.165) is 24.3 Å². The van der Waals surface area contributed by atoms with Crippen molar-refractivity contribution in [3.05, 3.63) is 71.5 Å². The number of benzene rings is 2. The summed E-state index contributed by atoms with van der Waals surface area (Å²) in [6, 6.07) is 12.2. The van der Waals surface area contributed by atoms with E-state index in [9.17, 15) is 18.0 Å². The molecule has 0 heterocycles. The highest BCUT2D eigenvalue weighted by Gasteiger charge is 2.41. The van der Waals surface area contributed by atoms with Crippen molar-refractivity contribution < 1.29 is 18.0 Å². The lowest BCUT2D eigenvalue weighted by Crippen LogP contribution is -2.24. The molecule has 0 unspecified atom stereocenters. The first kappa shape index (κ1) is 14.3. The van der Waals surface area contributed by atoms with E-state index in [1.807, 2.05) is 0 Å². The second-order valence-corrected chi connectivity index (χ2v) is 4.50. The third-order valence-corrected chi connectivity index (χ3v) is 3.20. The van der Waals surface area contributed by atoms with Gasteiger partial charge in [0, 0.05) is 12.0 Å². The van der Waals surface area contributed by atoms with E-state index in [0.29, 0.717) is 11.8 Å². The minimum absolute atomic E-state index is 0.297. The van der Waals surface area contributed by atoms with Gasteiger partial charge in [-0.25, -0.2) is 13.2 Å². The van der Waals surface area contributed by atoms with Gasteiger partial charge < -0.3 is 4.79 Å². The molecule has 1 nitrogen and oxygen atoms in total. The van der Waals surface area contributed by atoms with Crippen LogP contribution in [0.3, 0.4) is 0 Å². The largest absolute Gasteiger partial charge is 0.303 e. The minimum atomic E-state index is -3.24. The Balaban J connectivity index is 2.41. The quantitative estimate of drug-likeness (QED) is 0.746. The number of aldehydes is 1. The van der Waals surface area contributed by atoms with Crippen LogP contribution in [-0.4, -0.2) is 6.29 Å². The van der Waals surface area contributed by atoms with Crippen molar-refractivity contribution in [2.75, 3.05) is 0 Å². The molecule has 0 aromatic heterocycles. The van der Waals surface area contributed by atoms with Gasteiger partial charge in [-0.3, -0.25) is 0 Å². The summed E-state index contributed by atoms with van der Waals surface area (Å²) in [6.45, 7) is 0. The van der Waals surface area contributed by atoms with Gasteiger partial charge in [-0.2, -0.15) is 0 Å². The van der Waals surface area contributed by atoms with Crippen LogP contribution in [0.2, 0.25) is 0 Å². The lowest BCUT2D eigenvalue weighted by atomic mass is 9.86. The van der Waals surface area contributed by atoms with Crippen molar-refractivity contribution in [2.24, 2.45) is 0 Å². The summed E-state index contributed by atoms with van der Waals surface area (Å²) in [5, 5.41) is 0. The van der Waals surface area contributed by atoms with Gasteiger partial charge in [0.1, 0.15) is 12.1 Å². The van der Waals surface area contributed by atoms with Gasteiger partial charge in [-0.15, -0.1) is 0 Å². The van der Waals surface area contributed by atoms with Crippen LogP contribution in [0.4, 0.5) is 13.2 Å². The molecule has 0 bridgehead atoms. The SMILES string of the molecule is O=CC[C@@H](c1ccccc1)C(F)(F)c1ccc(F)cc1. The van der Waals surface area contributed by atoms with Crippen molar-refractivity contribution >= 4 is 6.29 Å². The molecule has 0 radical (unpaired) electrons. The van der Waals surface area contributed by atoms with Crippen molar-refractivity contribution in [2.45, 2.75) is 18.3 Å². The highest BCUT2D eigenvalue weighted by molar-refractivity contribution is 5.52. The van der Waals surface area contributed by atoms with E-state index >= 15 is 0 Å². The number of carbonyl (C=O) groups excluding carboxylic acids is 1.